The molecule has 1 atom stereocenters. The van der Waals surface area contributed by atoms with Crippen LogP contribution in [0.2, 0.25) is 0 Å². The highest BCUT2D eigenvalue weighted by Gasteiger charge is 2.13. The van der Waals surface area contributed by atoms with Crippen LogP contribution in [0.15, 0.2) is 63.4 Å². The molecule has 0 aliphatic carbocycles. The third-order valence-corrected chi connectivity index (χ3v) is 5.30. The van der Waals surface area contributed by atoms with Gasteiger partial charge >= 0.3 is 0 Å². The molecule has 2 aromatic carbocycles. The number of rotatable bonds is 6. The Bertz CT molecular complexity index is 774. The number of hydrogen-bond donors (Lipinski definition) is 1. The van der Waals surface area contributed by atoms with Crippen LogP contribution in [0.25, 0.3) is 0 Å². The van der Waals surface area contributed by atoms with Crippen molar-refractivity contribution in [1.29, 1.82) is 0 Å². The van der Waals surface area contributed by atoms with Crippen molar-refractivity contribution in [1.82, 2.24) is 0 Å². The SMILES string of the molecule is COc1ccc(N/N=C(/Sc2ccccc2S(C)=O)C(C)=O)cc1. The van der Waals surface area contributed by atoms with E-state index >= 15 is 0 Å². The molecule has 1 N–H and O–H groups in total. The number of nitrogens with one attached hydrogen (secondary N) is 1. The highest BCUT2D eigenvalue weighted by atomic mass is 32.2. The molecule has 0 aliphatic heterocycles. The second kappa shape index (κ2) is 8.65. The maximum Gasteiger partial charge on any atom is 0.186 e. The molecule has 126 valence electrons. The van der Waals surface area contributed by atoms with Gasteiger partial charge in [0.1, 0.15) is 5.75 Å². The van der Waals surface area contributed by atoms with Gasteiger partial charge in [-0.15, -0.1) is 0 Å². The summed E-state index contributed by atoms with van der Waals surface area (Å²) in [6, 6.07) is 14.5. The maximum absolute atomic E-state index is 11.9. The van der Waals surface area contributed by atoms with E-state index in [1.54, 1.807) is 43.7 Å². The Morgan fingerprint density at radius 2 is 1.83 bits per heavy atom. The Hall–Kier alpha value is -2.12. The van der Waals surface area contributed by atoms with E-state index in [0.717, 1.165) is 16.3 Å². The highest BCUT2D eigenvalue weighted by molar-refractivity contribution is 8.16. The van der Waals surface area contributed by atoms with Crippen LogP contribution in [0, 0.1) is 0 Å². The largest absolute Gasteiger partial charge is 0.497 e. The molecule has 0 amide bonds. The van der Waals surface area contributed by atoms with E-state index in [-0.39, 0.29) is 5.78 Å². The number of carbonyl (C=O) groups excluding carboxylic acids is 1. The normalized spacial score (nSPS) is 12.5. The lowest BCUT2D eigenvalue weighted by Gasteiger charge is -2.08. The zero-order valence-corrected chi connectivity index (χ0v) is 15.2. The first-order chi connectivity index (χ1) is 11.5. The van der Waals surface area contributed by atoms with E-state index in [9.17, 15) is 9.00 Å². The summed E-state index contributed by atoms with van der Waals surface area (Å²) < 4.78 is 16.9. The fourth-order valence-electron chi connectivity index (χ4n) is 1.83. The van der Waals surface area contributed by atoms with Gasteiger partial charge in [0.25, 0.3) is 0 Å². The highest BCUT2D eigenvalue weighted by Crippen LogP contribution is 2.26. The van der Waals surface area contributed by atoms with Gasteiger partial charge in [-0.1, -0.05) is 23.9 Å². The van der Waals surface area contributed by atoms with Crippen LogP contribution < -0.4 is 10.2 Å². The molecule has 0 aromatic heterocycles. The van der Waals surface area contributed by atoms with Gasteiger partial charge in [-0.05, 0) is 36.4 Å². The number of thioether (sulfide) groups is 1. The van der Waals surface area contributed by atoms with Gasteiger partial charge in [-0.25, -0.2) is 0 Å². The molecular weight excluding hydrogens is 344 g/mol. The number of anilines is 1. The number of carbonyl (C=O) groups is 1. The fraction of sp³-hybridized carbons (Fsp3) is 0.176. The second-order valence-corrected chi connectivity index (χ2v) is 7.20. The van der Waals surface area contributed by atoms with Gasteiger partial charge in [-0.3, -0.25) is 14.4 Å². The second-order valence-electron chi connectivity index (χ2n) is 4.82. The van der Waals surface area contributed by atoms with Crippen LogP contribution in [-0.4, -0.2) is 28.4 Å². The monoisotopic (exact) mass is 362 g/mol. The molecule has 0 heterocycles. The topological polar surface area (TPSA) is 67.8 Å². The number of Topliss-reactive ketones (excluding diaryl/α,β-unsaturated/α-hetero) is 1. The van der Waals surface area contributed by atoms with E-state index in [2.05, 4.69) is 10.5 Å². The first-order valence-corrected chi connectivity index (χ1v) is 9.47. The summed E-state index contributed by atoms with van der Waals surface area (Å²) in [6.07, 6.45) is 1.61. The van der Waals surface area contributed by atoms with Crippen LogP contribution >= 0.6 is 11.8 Å². The molecule has 0 radical (unpaired) electrons. The van der Waals surface area contributed by atoms with E-state index in [1.165, 1.54) is 18.7 Å². The first kappa shape index (κ1) is 18.2. The van der Waals surface area contributed by atoms with Crippen molar-refractivity contribution in [3.05, 3.63) is 48.5 Å². The Balaban J connectivity index is 2.20. The van der Waals surface area contributed by atoms with E-state index in [1.807, 2.05) is 18.2 Å². The number of benzene rings is 2. The molecule has 0 spiro atoms. The standard InChI is InChI=1S/C17H18N2O3S2/c1-12(20)17(19-18-13-8-10-14(22-2)11-9-13)23-15-6-4-5-7-16(15)24(3)21/h4-11,18H,1-3H3/b19-17+. The molecule has 0 bridgehead atoms. The van der Waals surface area contributed by atoms with Gasteiger partial charge in [-0.2, -0.15) is 5.10 Å². The van der Waals surface area contributed by atoms with Crippen molar-refractivity contribution in [3.63, 3.8) is 0 Å². The summed E-state index contributed by atoms with van der Waals surface area (Å²) in [5.74, 6) is 0.572. The molecule has 2 rings (SSSR count). The van der Waals surface area contributed by atoms with E-state index < -0.39 is 10.8 Å². The van der Waals surface area contributed by atoms with Crippen molar-refractivity contribution in [2.45, 2.75) is 16.7 Å². The van der Waals surface area contributed by atoms with Crippen molar-refractivity contribution in [3.8, 4) is 5.75 Å². The molecular formula is C17H18N2O3S2. The van der Waals surface area contributed by atoms with Gasteiger partial charge in [0.05, 0.1) is 28.5 Å². The maximum atomic E-state index is 11.9. The Kier molecular flexibility index (Phi) is 6.57. The molecule has 24 heavy (non-hydrogen) atoms. The lowest BCUT2D eigenvalue weighted by atomic mass is 10.3. The average molecular weight is 362 g/mol. The Morgan fingerprint density at radius 3 is 2.42 bits per heavy atom. The first-order valence-electron chi connectivity index (χ1n) is 7.10. The Morgan fingerprint density at radius 1 is 1.17 bits per heavy atom. The number of hydrogen-bond acceptors (Lipinski definition) is 6. The number of ether oxygens (including phenoxy) is 1. The molecule has 1 unspecified atom stereocenters. The minimum atomic E-state index is -1.14. The molecule has 0 saturated heterocycles. The predicted molar refractivity (Wildman–Crippen MR) is 99.4 cm³/mol. The number of hydrazone groups is 1. The zero-order valence-electron chi connectivity index (χ0n) is 13.6. The van der Waals surface area contributed by atoms with Crippen molar-refractivity contribution in [2.24, 2.45) is 5.10 Å². The van der Waals surface area contributed by atoms with Crippen LogP contribution in [0.3, 0.4) is 0 Å². The van der Waals surface area contributed by atoms with Crippen molar-refractivity contribution in [2.75, 3.05) is 18.8 Å². The summed E-state index contributed by atoms with van der Waals surface area (Å²) in [6.45, 7) is 1.45. The number of nitrogens with zero attached hydrogens (tertiary/aromatic N) is 1. The molecule has 0 fully saturated rings. The number of ketones is 1. The lowest BCUT2D eigenvalue weighted by molar-refractivity contribution is -0.110. The quantitative estimate of drug-likeness (QED) is 0.368. The summed E-state index contributed by atoms with van der Waals surface area (Å²) in [5, 5.41) is 4.48. The summed E-state index contributed by atoms with van der Waals surface area (Å²) in [7, 11) is 0.462. The molecule has 7 heteroatoms. The minimum absolute atomic E-state index is 0.169. The van der Waals surface area contributed by atoms with Crippen LogP contribution in [0.4, 0.5) is 5.69 Å². The predicted octanol–water partition coefficient (Wildman–Crippen LogP) is 3.54. The molecule has 5 nitrogen and oxygen atoms in total. The summed E-state index contributed by atoms with van der Waals surface area (Å²) >= 11 is 1.20. The van der Waals surface area contributed by atoms with Crippen molar-refractivity contribution < 1.29 is 13.7 Å². The third kappa shape index (κ3) is 4.94. The summed E-state index contributed by atoms with van der Waals surface area (Å²) in [5.41, 5.74) is 3.60. The van der Waals surface area contributed by atoms with Crippen LogP contribution in [0.1, 0.15) is 6.92 Å². The van der Waals surface area contributed by atoms with Crippen LogP contribution in [-0.2, 0) is 15.6 Å². The zero-order chi connectivity index (χ0) is 17.5. The smallest absolute Gasteiger partial charge is 0.186 e. The van der Waals surface area contributed by atoms with E-state index in [0.29, 0.717) is 9.94 Å². The van der Waals surface area contributed by atoms with Gasteiger partial charge in [0.15, 0.2) is 10.8 Å². The fourth-order valence-corrected chi connectivity index (χ4v) is 3.69. The molecule has 0 saturated carbocycles. The van der Waals surface area contributed by atoms with Gasteiger partial charge in [0.2, 0.25) is 0 Å². The van der Waals surface area contributed by atoms with Crippen molar-refractivity contribution >= 4 is 39.1 Å². The van der Waals surface area contributed by atoms with Gasteiger partial charge in [0, 0.05) is 18.1 Å². The van der Waals surface area contributed by atoms with Gasteiger partial charge < -0.3 is 4.74 Å². The lowest BCUT2D eigenvalue weighted by Crippen LogP contribution is -2.08. The average Bonchev–Trinajstić information content (AvgIpc) is 2.59. The Labute approximate surface area is 148 Å². The third-order valence-electron chi connectivity index (χ3n) is 3.04. The molecule has 0 aliphatic rings. The van der Waals surface area contributed by atoms with E-state index in [4.69, 9.17) is 4.74 Å². The molecule has 2 aromatic rings. The number of methoxy groups -OCH3 is 1. The summed E-state index contributed by atoms with van der Waals surface area (Å²) in [4.78, 5) is 13.3. The van der Waals surface area contributed by atoms with Crippen LogP contribution in [0.5, 0.6) is 5.75 Å². The minimum Gasteiger partial charge on any atom is -0.497 e.